The van der Waals surface area contributed by atoms with Gasteiger partial charge in [0.2, 0.25) is 0 Å². The topological polar surface area (TPSA) is 364 Å². The average Bonchev–Trinajstić information content (AvgIpc) is 1.50. The number of aryl methyl sites for hydroxylation is 3. The molecule has 0 saturated heterocycles. The first-order chi connectivity index (χ1) is 56.6. The van der Waals surface area contributed by atoms with Crippen LogP contribution in [0.25, 0.3) is 0 Å². The summed E-state index contributed by atoms with van der Waals surface area (Å²) in [5.74, 6) is 5.45. The highest BCUT2D eigenvalue weighted by Gasteiger charge is 2.21. The third-order valence-electron chi connectivity index (χ3n) is 16.6. The summed E-state index contributed by atoms with van der Waals surface area (Å²) in [6, 6.07) is 33.3. The van der Waals surface area contributed by atoms with E-state index in [2.05, 4.69) is 122 Å². The van der Waals surface area contributed by atoms with Crippen LogP contribution in [0.3, 0.4) is 0 Å². The highest BCUT2D eigenvalue weighted by Crippen LogP contribution is 2.31. The molecule has 1 aliphatic rings. The van der Waals surface area contributed by atoms with Crippen LogP contribution >= 0.6 is 43.2 Å². The molecule has 584 valence electrons. The Morgan fingerprint density at radius 2 is 0.767 bits per heavy atom. The van der Waals surface area contributed by atoms with Crippen molar-refractivity contribution in [2.75, 3.05) is 0 Å². The molecule has 1 fully saturated rings. The van der Waals surface area contributed by atoms with E-state index in [9.17, 15) is 24.0 Å². The monoisotopic (exact) mass is 1700 g/mol. The molecule has 0 aliphatic heterocycles. The van der Waals surface area contributed by atoms with Crippen molar-refractivity contribution in [3.05, 3.63) is 322 Å². The lowest BCUT2D eigenvalue weighted by Crippen LogP contribution is -2.10. The third-order valence-corrected chi connectivity index (χ3v) is 19.1. The zero-order valence-electron chi connectivity index (χ0n) is 63.0. The van der Waals surface area contributed by atoms with Crippen molar-refractivity contribution in [3.8, 4) is 57.5 Å². The van der Waals surface area contributed by atoms with E-state index in [-0.39, 0.29) is 54.6 Å². The average molecular weight is 1700 g/mol. The van der Waals surface area contributed by atoms with Crippen LogP contribution in [0.1, 0.15) is 143 Å². The molecule has 31 heteroatoms. The van der Waals surface area contributed by atoms with Crippen molar-refractivity contribution in [2.24, 2.45) is 5.92 Å². The van der Waals surface area contributed by atoms with Crippen LogP contribution in [-0.4, -0.2) is 119 Å². The Bertz CT molecular complexity index is 5500. The minimum Gasteiger partial charge on any atom is -0.456 e. The number of Topliss-reactive ketones (excluding diaryl/α,β-unsaturated/α-hetero) is 5. The Labute approximate surface area is 688 Å². The van der Waals surface area contributed by atoms with E-state index in [1.807, 2.05) is 57.2 Å². The lowest BCUT2D eigenvalue weighted by molar-refractivity contribution is 0.0947. The maximum absolute atomic E-state index is 12.5. The van der Waals surface area contributed by atoms with E-state index in [1.54, 1.807) is 166 Å². The molecule has 0 atom stereocenters. The predicted molar refractivity (Wildman–Crippen MR) is 435 cm³/mol. The largest absolute Gasteiger partial charge is 0.456 e. The first kappa shape index (κ1) is 83.5. The zero-order valence-corrected chi connectivity index (χ0v) is 66.9. The lowest BCUT2D eigenvalue weighted by atomic mass is 9.93. The second-order valence-corrected chi connectivity index (χ2v) is 28.8. The summed E-state index contributed by atoms with van der Waals surface area (Å²) in [5.41, 5.74) is 6.88. The molecule has 0 aromatic carbocycles. The zero-order chi connectivity index (χ0) is 81.1. The molecular formula is C85H74Br2N18O10S. The predicted octanol–water partition coefficient (Wildman–Crippen LogP) is 17.5. The van der Waals surface area contributed by atoms with Gasteiger partial charge in [0.1, 0.15) is 93.3 Å². The molecule has 116 heavy (non-hydrogen) atoms. The number of aromatic nitrogens is 18. The van der Waals surface area contributed by atoms with E-state index < -0.39 is 0 Å². The molecule has 14 aromatic heterocycles. The summed E-state index contributed by atoms with van der Waals surface area (Å²) < 4.78 is 30.0. The third kappa shape index (κ3) is 27.8. The molecule has 15 rings (SSSR count). The maximum atomic E-state index is 12.5. The molecule has 0 unspecified atom stereocenters. The smallest absolute Gasteiger partial charge is 0.188 e. The Morgan fingerprint density at radius 1 is 0.362 bits per heavy atom. The molecule has 0 amide bonds. The fourth-order valence-corrected chi connectivity index (χ4v) is 12.8. The highest BCUT2D eigenvalue weighted by molar-refractivity contribution is 9.11. The standard InChI is InChI=1S/C19H17N3O2.C18H21N3O2.C17H14N4O2.C16H11BrN4O2.C15H11BrN4O2S/c1-2-14-5-3-6-15(22-14)11-19(23)18-12-16(8-10-21-18)24-17-7-4-9-20-13-17;22-18(9-14-5-3-1-2-4-6-14)17-10-15(7-8-21-17)23-16-11-19-13-20-12-16;1-12-2-3-13(21-8-12)6-17(22)16-7-14(4-5-20-16)23-15-9-18-11-19-10-15;17-11-1-3-20-12(5-11)6-16(22)15-7-13(2-4-21-15)23-14-8-18-10-19-9-14;1-9-15(16)23-14(20-9)5-13(21)12-4-10(2-3-19-12)22-11-6-17-8-18-7-11/h3-10,12-13H,2,11H2,1H3;7-8,10-14H,1-6,9H2;2-5,7-11H,6H2,1H3;1-5,7-10H,6H2;2-4,6-8H,5H2,1H3. The number of hydrogen-bond donors (Lipinski definition) is 0. The van der Waals surface area contributed by atoms with Gasteiger partial charge in [-0.05, 0) is 120 Å². The van der Waals surface area contributed by atoms with Gasteiger partial charge < -0.3 is 23.7 Å². The fraction of sp³-hybridized carbons (Fsp3) is 0.188. The molecule has 14 aromatic rings. The Balaban J connectivity index is 0.000000143. The molecule has 1 saturated carbocycles. The molecule has 0 radical (unpaired) electrons. The van der Waals surface area contributed by atoms with Crippen molar-refractivity contribution in [1.29, 1.82) is 0 Å². The summed E-state index contributed by atoms with van der Waals surface area (Å²) in [7, 11) is 0. The van der Waals surface area contributed by atoms with E-state index >= 15 is 0 Å². The number of ether oxygens (including phenoxy) is 5. The second kappa shape index (κ2) is 44.2. The highest BCUT2D eigenvalue weighted by atomic mass is 79.9. The molecule has 0 N–H and O–H groups in total. The van der Waals surface area contributed by atoms with Gasteiger partial charge in [0.05, 0.1) is 90.9 Å². The van der Waals surface area contributed by atoms with Crippen LogP contribution in [0.5, 0.6) is 57.5 Å². The van der Waals surface area contributed by atoms with Gasteiger partial charge in [-0.3, -0.25) is 68.8 Å². The van der Waals surface area contributed by atoms with Gasteiger partial charge in [-0.2, -0.15) is 0 Å². The number of hydrogen-bond acceptors (Lipinski definition) is 29. The van der Waals surface area contributed by atoms with Crippen LogP contribution in [0, 0.1) is 19.8 Å². The number of halogens is 2. The van der Waals surface area contributed by atoms with Crippen LogP contribution in [-0.2, 0) is 32.1 Å². The van der Waals surface area contributed by atoms with Crippen LogP contribution in [0.15, 0.2) is 254 Å². The van der Waals surface area contributed by atoms with Gasteiger partial charge in [-0.15, -0.1) is 11.3 Å². The van der Waals surface area contributed by atoms with Gasteiger partial charge in [-0.25, -0.2) is 44.9 Å². The molecule has 0 spiro atoms. The maximum Gasteiger partial charge on any atom is 0.188 e. The van der Waals surface area contributed by atoms with E-state index in [0.29, 0.717) is 110 Å². The molecule has 14 heterocycles. The minimum absolute atomic E-state index is 0.0904. The summed E-state index contributed by atoms with van der Waals surface area (Å²) in [5, 5.41) is 0.754. The normalized spacial score (nSPS) is 11.5. The summed E-state index contributed by atoms with van der Waals surface area (Å²) in [6.45, 7) is 5.88. The quantitative estimate of drug-likeness (QED) is 0.0359. The van der Waals surface area contributed by atoms with Crippen LogP contribution in [0.2, 0.25) is 0 Å². The first-order valence-corrected chi connectivity index (χ1v) is 38.8. The van der Waals surface area contributed by atoms with E-state index in [0.717, 1.165) is 55.2 Å². The van der Waals surface area contributed by atoms with Crippen molar-refractivity contribution in [2.45, 2.75) is 97.8 Å². The van der Waals surface area contributed by atoms with Gasteiger partial charge in [0, 0.05) is 114 Å². The number of thiazole rings is 1. The van der Waals surface area contributed by atoms with E-state index in [1.165, 1.54) is 80.9 Å². The molecule has 28 nitrogen and oxygen atoms in total. The van der Waals surface area contributed by atoms with Gasteiger partial charge >= 0.3 is 0 Å². The Kier molecular flexibility index (Phi) is 31.8. The number of pyridine rings is 9. The Morgan fingerprint density at radius 3 is 1.17 bits per heavy atom. The minimum atomic E-state index is -0.134. The first-order valence-electron chi connectivity index (χ1n) is 36.4. The van der Waals surface area contributed by atoms with Crippen LogP contribution in [0.4, 0.5) is 0 Å². The second-order valence-electron chi connectivity index (χ2n) is 25.5. The van der Waals surface area contributed by atoms with Crippen molar-refractivity contribution >= 4 is 72.1 Å². The summed E-state index contributed by atoms with van der Waals surface area (Å²) in [4.78, 5) is 135. The fourth-order valence-electron chi connectivity index (χ4n) is 11.0. The van der Waals surface area contributed by atoms with Crippen molar-refractivity contribution in [3.63, 3.8) is 0 Å². The molecular weight excluding hydrogens is 1620 g/mol. The molecule has 0 bridgehead atoms. The number of rotatable bonds is 26. The number of nitrogens with zero attached hydrogens (tertiary/aromatic N) is 18. The Hall–Kier alpha value is -13.4. The number of ketones is 5. The summed E-state index contributed by atoms with van der Waals surface area (Å²) >= 11 is 8.22. The van der Waals surface area contributed by atoms with E-state index in [4.69, 9.17) is 23.7 Å². The molecule has 1 aliphatic carbocycles. The SMILES string of the molecule is CCc1cccc(CC(=O)c2cc(Oc3cccnc3)ccn2)n1.Cc1ccc(CC(=O)c2cc(Oc3cncnc3)ccn2)nc1.Cc1nc(CC(=O)c2cc(Oc3cncnc3)ccn2)sc1Br.O=C(CC1CCCCCC1)c1cc(Oc2cncnc2)ccn1.O=C(Cc1cc(Br)ccn1)c1cc(Oc2cncnc2)ccn1. The van der Waals surface area contributed by atoms with Gasteiger partial charge in [-0.1, -0.05) is 73.5 Å². The lowest BCUT2D eigenvalue weighted by Gasteiger charge is -2.12. The van der Waals surface area contributed by atoms with Crippen molar-refractivity contribution < 1.29 is 47.7 Å². The van der Waals surface area contributed by atoms with Crippen molar-refractivity contribution in [1.82, 2.24) is 89.7 Å². The number of carbonyl (C=O) groups is 5. The van der Waals surface area contributed by atoms with Crippen LogP contribution < -0.4 is 23.7 Å². The van der Waals surface area contributed by atoms with Gasteiger partial charge in [0.25, 0.3) is 0 Å². The van der Waals surface area contributed by atoms with Gasteiger partial charge in [0.15, 0.2) is 51.9 Å². The summed E-state index contributed by atoms with van der Waals surface area (Å²) in [6.07, 6.45) is 42.2. The number of carbonyl (C=O) groups excluding carboxylic acids is 5.